The van der Waals surface area contributed by atoms with Crippen LogP contribution in [0, 0.1) is 11.8 Å². The number of rotatable bonds is 1. The highest BCUT2D eigenvalue weighted by molar-refractivity contribution is 5.95. The van der Waals surface area contributed by atoms with Gasteiger partial charge in [0.25, 0.3) is 5.91 Å². The molecular weight excluding hydrogens is 256 g/mol. The Labute approximate surface area is 118 Å². The number of aromatic hydroxyl groups is 2. The molecule has 1 aliphatic carbocycles. The van der Waals surface area contributed by atoms with E-state index < -0.39 is 0 Å². The maximum atomic E-state index is 12.5. The van der Waals surface area contributed by atoms with E-state index in [2.05, 4.69) is 0 Å². The van der Waals surface area contributed by atoms with Gasteiger partial charge < -0.3 is 20.8 Å². The molecule has 4 N–H and O–H groups in total. The smallest absolute Gasteiger partial charge is 0.254 e. The summed E-state index contributed by atoms with van der Waals surface area (Å²) in [5.74, 6) is 0.549. The van der Waals surface area contributed by atoms with E-state index in [-0.39, 0.29) is 23.4 Å². The summed E-state index contributed by atoms with van der Waals surface area (Å²) < 4.78 is 0. The molecule has 0 radical (unpaired) electrons. The van der Waals surface area contributed by atoms with Crippen LogP contribution in [0.4, 0.5) is 0 Å². The van der Waals surface area contributed by atoms with Crippen LogP contribution in [-0.4, -0.2) is 40.2 Å². The lowest BCUT2D eigenvalue weighted by Crippen LogP contribution is -2.38. The molecule has 1 heterocycles. The summed E-state index contributed by atoms with van der Waals surface area (Å²) in [6.07, 6.45) is 3.31. The van der Waals surface area contributed by atoms with E-state index in [1.54, 1.807) is 4.90 Å². The Morgan fingerprint density at radius 2 is 1.85 bits per heavy atom. The van der Waals surface area contributed by atoms with Gasteiger partial charge in [-0.1, -0.05) is 6.42 Å². The number of phenolic OH excluding ortho intramolecular Hbond substituents is 2. The van der Waals surface area contributed by atoms with Gasteiger partial charge in [-0.15, -0.1) is 0 Å². The average Bonchev–Trinajstić information content (AvgIpc) is 2.82. The van der Waals surface area contributed by atoms with Crippen LogP contribution in [0.5, 0.6) is 11.5 Å². The van der Waals surface area contributed by atoms with E-state index in [9.17, 15) is 15.0 Å². The third-order valence-electron chi connectivity index (χ3n) is 4.59. The number of likely N-dealkylation sites (tertiary alicyclic amines) is 1. The van der Waals surface area contributed by atoms with Gasteiger partial charge in [-0.25, -0.2) is 0 Å². The predicted octanol–water partition coefficient (Wildman–Crippen LogP) is 1.30. The summed E-state index contributed by atoms with van der Waals surface area (Å²) in [5, 5.41) is 19.0. The fourth-order valence-corrected chi connectivity index (χ4v) is 3.58. The molecule has 5 nitrogen and oxygen atoms in total. The maximum Gasteiger partial charge on any atom is 0.254 e. The number of hydrogen-bond donors (Lipinski definition) is 3. The summed E-state index contributed by atoms with van der Waals surface area (Å²) in [4.78, 5) is 14.3. The first kappa shape index (κ1) is 13.2. The van der Waals surface area contributed by atoms with Gasteiger partial charge in [0.2, 0.25) is 0 Å². The minimum Gasteiger partial charge on any atom is -0.508 e. The standard InChI is InChI=1S/C15H20N2O3/c16-14-3-1-2-9-7-17(8-13(9)14)15(20)10-4-11(18)6-12(19)5-10/h4-6,9,13-14,18-19H,1-3,7-8,16H2. The second-order valence-electron chi connectivity index (χ2n) is 5.97. The van der Waals surface area contributed by atoms with Crippen LogP contribution in [0.2, 0.25) is 0 Å². The Morgan fingerprint density at radius 3 is 2.50 bits per heavy atom. The highest BCUT2D eigenvalue weighted by atomic mass is 16.3. The Bertz CT molecular complexity index is 512. The van der Waals surface area contributed by atoms with Gasteiger partial charge in [0.15, 0.2) is 0 Å². The lowest BCUT2D eigenvalue weighted by molar-refractivity contribution is 0.0782. The number of nitrogens with zero attached hydrogens (tertiary/aromatic N) is 1. The minimum atomic E-state index is -0.141. The second kappa shape index (κ2) is 4.98. The first-order chi connectivity index (χ1) is 9.54. The molecule has 3 unspecified atom stereocenters. The summed E-state index contributed by atoms with van der Waals surface area (Å²) in [7, 11) is 0. The molecule has 5 heteroatoms. The third kappa shape index (κ3) is 2.33. The number of amides is 1. The number of carbonyl (C=O) groups excluding carboxylic acids is 1. The van der Waals surface area contributed by atoms with Crippen molar-refractivity contribution >= 4 is 5.91 Å². The molecule has 1 aromatic rings. The van der Waals surface area contributed by atoms with E-state index >= 15 is 0 Å². The first-order valence-corrected chi connectivity index (χ1v) is 7.12. The highest BCUT2D eigenvalue weighted by Gasteiger charge is 2.40. The largest absolute Gasteiger partial charge is 0.508 e. The zero-order chi connectivity index (χ0) is 14.3. The van der Waals surface area contributed by atoms with Gasteiger partial charge in [-0.05, 0) is 36.8 Å². The Kier molecular flexibility index (Phi) is 3.30. The van der Waals surface area contributed by atoms with Crippen molar-refractivity contribution in [1.29, 1.82) is 0 Å². The molecule has 1 amide bonds. The minimum absolute atomic E-state index is 0.0957. The van der Waals surface area contributed by atoms with E-state index in [0.717, 1.165) is 25.8 Å². The van der Waals surface area contributed by atoms with Gasteiger partial charge in [0, 0.05) is 30.8 Å². The maximum absolute atomic E-state index is 12.5. The van der Waals surface area contributed by atoms with Gasteiger partial charge in [0.1, 0.15) is 11.5 Å². The molecule has 0 spiro atoms. The monoisotopic (exact) mass is 276 g/mol. The quantitative estimate of drug-likeness (QED) is 0.721. The molecule has 1 saturated carbocycles. The van der Waals surface area contributed by atoms with Gasteiger partial charge in [-0.2, -0.15) is 0 Å². The third-order valence-corrected chi connectivity index (χ3v) is 4.59. The van der Waals surface area contributed by atoms with Crippen molar-refractivity contribution in [2.24, 2.45) is 17.6 Å². The summed E-state index contributed by atoms with van der Waals surface area (Å²) >= 11 is 0. The first-order valence-electron chi connectivity index (χ1n) is 7.12. The van der Waals surface area contributed by atoms with E-state index in [0.29, 0.717) is 23.9 Å². The molecule has 0 aromatic heterocycles. The lowest BCUT2D eigenvalue weighted by Gasteiger charge is -2.29. The van der Waals surface area contributed by atoms with Crippen LogP contribution >= 0.6 is 0 Å². The van der Waals surface area contributed by atoms with Crippen LogP contribution < -0.4 is 5.73 Å². The number of fused-ring (bicyclic) bond motifs is 1. The van der Waals surface area contributed by atoms with Crippen LogP contribution in [0.1, 0.15) is 29.6 Å². The molecule has 3 atom stereocenters. The van der Waals surface area contributed by atoms with Crippen molar-refractivity contribution < 1.29 is 15.0 Å². The van der Waals surface area contributed by atoms with Gasteiger partial charge >= 0.3 is 0 Å². The van der Waals surface area contributed by atoms with Crippen LogP contribution in [0.15, 0.2) is 18.2 Å². The van der Waals surface area contributed by atoms with E-state index in [1.165, 1.54) is 18.2 Å². The zero-order valence-corrected chi connectivity index (χ0v) is 11.3. The summed E-state index contributed by atoms with van der Waals surface area (Å²) in [5.41, 5.74) is 6.48. The van der Waals surface area contributed by atoms with Crippen molar-refractivity contribution in [2.75, 3.05) is 13.1 Å². The van der Waals surface area contributed by atoms with Crippen molar-refractivity contribution in [3.63, 3.8) is 0 Å². The number of hydrogen-bond acceptors (Lipinski definition) is 4. The van der Waals surface area contributed by atoms with Gasteiger partial charge in [0.05, 0.1) is 0 Å². The fourth-order valence-electron chi connectivity index (χ4n) is 3.58. The Balaban J connectivity index is 1.78. The summed E-state index contributed by atoms with van der Waals surface area (Å²) in [6, 6.07) is 4.19. The number of carbonyl (C=O) groups is 1. The predicted molar refractivity (Wildman–Crippen MR) is 74.5 cm³/mol. The van der Waals surface area contributed by atoms with E-state index in [1.807, 2.05) is 0 Å². The average molecular weight is 276 g/mol. The normalized spacial score (nSPS) is 29.2. The van der Waals surface area contributed by atoms with Crippen LogP contribution in [-0.2, 0) is 0 Å². The lowest BCUT2D eigenvalue weighted by atomic mass is 9.78. The van der Waals surface area contributed by atoms with Crippen molar-refractivity contribution in [3.8, 4) is 11.5 Å². The molecule has 1 saturated heterocycles. The van der Waals surface area contributed by atoms with Gasteiger partial charge in [-0.3, -0.25) is 4.79 Å². The zero-order valence-electron chi connectivity index (χ0n) is 11.3. The van der Waals surface area contributed by atoms with Crippen LogP contribution in [0.25, 0.3) is 0 Å². The molecule has 1 aromatic carbocycles. The number of nitrogens with two attached hydrogens (primary N) is 1. The highest BCUT2D eigenvalue weighted by Crippen LogP contribution is 2.36. The van der Waals surface area contributed by atoms with Crippen molar-refractivity contribution in [1.82, 2.24) is 4.90 Å². The SMILES string of the molecule is NC1CCCC2CN(C(=O)c3cc(O)cc(O)c3)CC12. The van der Waals surface area contributed by atoms with Crippen molar-refractivity contribution in [3.05, 3.63) is 23.8 Å². The van der Waals surface area contributed by atoms with Crippen molar-refractivity contribution in [2.45, 2.75) is 25.3 Å². The molecule has 20 heavy (non-hydrogen) atoms. The molecule has 0 bridgehead atoms. The Morgan fingerprint density at radius 1 is 1.15 bits per heavy atom. The molecule has 108 valence electrons. The molecule has 1 aliphatic heterocycles. The number of phenols is 2. The van der Waals surface area contributed by atoms with Crippen LogP contribution in [0.3, 0.4) is 0 Å². The number of benzene rings is 1. The molecule has 2 fully saturated rings. The summed E-state index contributed by atoms with van der Waals surface area (Å²) in [6.45, 7) is 1.41. The molecule has 3 rings (SSSR count). The Hall–Kier alpha value is -1.75. The molecule has 2 aliphatic rings. The molecular formula is C15H20N2O3. The topological polar surface area (TPSA) is 86.8 Å². The van der Waals surface area contributed by atoms with E-state index in [4.69, 9.17) is 5.73 Å². The fraction of sp³-hybridized carbons (Fsp3) is 0.533. The second-order valence-corrected chi connectivity index (χ2v) is 5.97.